The third-order valence-electron chi connectivity index (χ3n) is 3.80. The zero-order valence-electron chi connectivity index (χ0n) is 15.0. The lowest BCUT2D eigenvalue weighted by Crippen LogP contribution is -2.33. The van der Waals surface area contributed by atoms with Gasteiger partial charge < -0.3 is 19.2 Å². The van der Waals surface area contributed by atoms with E-state index in [1.165, 1.54) is 6.08 Å². The van der Waals surface area contributed by atoms with Crippen LogP contribution < -0.4 is 14.8 Å². The summed E-state index contributed by atoms with van der Waals surface area (Å²) < 4.78 is 15.9. The molecule has 6 nitrogen and oxygen atoms in total. The molecule has 1 atom stereocenters. The van der Waals surface area contributed by atoms with Crippen LogP contribution in [0.25, 0.3) is 6.08 Å². The van der Waals surface area contributed by atoms with Crippen molar-refractivity contribution >= 4 is 12.0 Å². The van der Waals surface area contributed by atoms with E-state index in [1.54, 1.807) is 32.6 Å². The Hall–Kier alpha value is -2.73. The van der Waals surface area contributed by atoms with Gasteiger partial charge in [0.15, 0.2) is 11.5 Å². The van der Waals surface area contributed by atoms with Gasteiger partial charge in [-0.3, -0.25) is 9.69 Å². The molecule has 2 aromatic rings. The van der Waals surface area contributed by atoms with Crippen LogP contribution in [0.5, 0.6) is 11.5 Å². The fourth-order valence-electron chi connectivity index (χ4n) is 2.40. The normalized spacial score (nSPS) is 12.4. The molecule has 134 valence electrons. The second-order valence-electron chi connectivity index (χ2n) is 5.69. The molecule has 6 heteroatoms. The zero-order valence-corrected chi connectivity index (χ0v) is 15.0. The van der Waals surface area contributed by atoms with E-state index in [0.717, 1.165) is 11.3 Å². The highest BCUT2D eigenvalue weighted by Gasteiger charge is 2.17. The molecule has 0 saturated heterocycles. The predicted molar refractivity (Wildman–Crippen MR) is 96.7 cm³/mol. The molecule has 1 aromatic heterocycles. The van der Waals surface area contributed by atoms with E-state index in [-0.39, 0.29) is 11.9 Å². The molecular weight excluding hydrogens is 320 g/mol. The van der Waals surface area contributed by atoms with Crippen molar-refractivity contribution in [3.8, 4) is 11.5 Å². The molecule has 25 heavy (non-hydrogen) atoms. The van der Waals surface area contributed by atoms with Gasteiger partial charge in [0.2, 0.25) is 5.91 Å². The summed E-state index contributed by atoms with van der Waals surface area (Å²) in [6, 6.07) is 9.19. The van der Waals surface area contributed by atoms with Crippen molar-refractivity contribution in [3.63, 3.8) is 0 Å². The Morgan fingerprint density at radius 1 is 1.24 bits per heavy atom. The summed E-state index contributed by atoms with van der Waals surface area (Å²) >= 11 is 0. The summed E-state index contributed by atoms with van der Waals surface area (Å²) in [4.78, 5) is 14.1. The van der Waals surface area contributed by atoms with Crippen LogP contribution in [-0.2, 0) is 4.79 Å². The Balaban J connectivity index is 1.96. The van der Waals surface area contributed by atoms with E-state index < -0.39 is 0 Å². The summed E-state index contributed by atoms with van der Waals surface area (Å²) in [6.07, 6.45) is 4.86. The van der Waals surface area contributed by atoms with Crippen molar-refractivity contribution in [2.45, 2.75) is 6.04 Å². The Morgan fingerprint density at radius 2 is 2.00 bits per heavy atom. The van der Waals surface area contributed by atoms with Crippen molar-refractivity contribution in [1.29, 1.82) is 0 Å². The summed E-state index contributed by atoms with van der Waals surface area (Å²) in [6.45, 7) is 0.454. The number of hydrogen-bond acceptors (Lipinski definition) is 5. The molecule has 0 aliphatic carbocycles. The van der Waals surface area contributed by atoms with E-state index in [2.05, 4.69) is 5.32 Å². The maximum Gasteiger partial charge on any atom is 0.244 e. The number of nitrogens with one attached hydrogen (secondary N) is 1. The Morgan fingerprint density at radius 3 is 2.60 bits per heavy atom. The molecule has 1 N–H and O–H groups in total. The van der Waals surface area contributed by atoms with Gasteiger partial charge in [-0.2, -0.15) is 0 Å². The topological polar surface area (TPSA) is 63.9 Å². The number of methoxy groups -OCH3 is 2. The first kappa shape index (κ1) is 18.6. The molecule has 0 saturated carbocycles. The second-order valence-corrected chi connectivity index (χ2v) is 5.69. The van der Waals surface area contributed by atoms with Crippen molar-refractivity contribution in [3.05, 3.63) is 54.0 Å². The molecule has 1 unspecified atom stereocenters. The van der Waals surface area contributed by atoms with Gasteiger partial charge in [0.1, 0.15) is 5.76 Å². The summed E-state index contributed by atoms with van der Waals surface area (Å²) in [5.74, 6) is 1.91. The van der Waals surface area contributed by atoms with Crippen molar-refractivity contribution in [1.82, 2.24) is 10.2 Å². The number of carbonyl (C=O) groups is 1. The first-order valence-corrected chi connectivity index (χ1v) is 7.93. The highest BCUT2D eigenvalue weighted by Crippen LogP contribution is 2.27. The summed E-state index contributed by atoms with van der Waals surface area (Å²) in [5.41, 5.74) is 0.850. The van der Waals surface area contributed by atoms with E-state index in [0.29, 0.717) is 18.0 Å². The highest BCUT2D eigenvalue weighted by molar-refractivity contribution is 5.91. The van der Waals surface area contributed by atoms with Gasteiger partial charge in [0.05, 0.1) is 26.5 Å². The van der Waals surface area contributed by atoms with Crippen molar-refractivity contribution in [2.24, 2.45) is 0 Å². The molecule has 2 rings (SSSR count). The average Bonchev–Trinajstić information content (AvgIpc) is 3.13. The molecule has 1 aromatic carbocycles. The minimum Gasteiger partial charge on any atom is -0.493 e. The van der Waals surface area contributed by atoms with E-state index in [1.807, 2.05) is 43.3 Å². The Kier molecular flexibility index (Phi) is 6.65. The fourth-order valence-corrected chi connectivity index (χ4v) is 2.40. The SMILES string of the molecule is COc1ccc(/C=C/C(=O)NCC(c2ccco2)N(C)C)cc1OC. The minimum absolute atomic E-state index is 0.0200. The predicted octanol–water partition coefficient (Wildman–Crippen LogP) is 2.73. The van der Waals surface area contributed by atoms with Crippen LogP contribution >= 0.6 is 0 Å². The van der Waals surface area contributed by atoms with E-state index in [4.69, 9.17) is 13.9 Å². The van der Waals surface area contributed by atoms with Gasteiger partial charge in [-0.1, -0.05) is 6.07 Å². The maximum atomic E-state index is 12.1. The van der Waals surface area contributed by atoms with Crippen LogP contribution in [0.4, 0.5) is 0 Å². The number of furan rings is 1. The lowest BCUT2D eigenvalue weighted by Gasteiger charge is -2.22. The monoisotopic (exact) mass is 344 g/mol. The first-order valence-electron chi connectivity index (χ1n) is 7.93. The van der Waals surface area contributed by atoms with Gasteiger partial charge in [0, 0.05) is 12.6 Å². The van der Waals surface area contributed by atoms with Gasteiger partial charge in [0.25, 0.3) is 0 Å². The third-order valence-corrected chi connectivity index (χ3v) is 3.80. The van der Waals surface area contributed by atoms with Crippen LogP contribution in [0.1, 0.15) is 17.4 Å². The number of benzene rings is 1. The maximum absolute atomic E-state index is 12.1. The van der Waals surface area contributed by atoms with Gasteiger partial charge in [-0.05, 0) is 50.0 Å². The number of amides is 1. The number of carbonyl (C=O) groups excluding carboxylic acids is 1. The second kappa shape index (κ2) is 8.94. The molecular formula is C19H24N2O4. The van der Waals surface area contributed by atoms with Crippen LogP contribution in [0.15, 0.2) is 47.1 Å². The van der Waals surface area contributed by atoms with Crippen LogP contribution in [-0.4, -0.2) is 45.7 Å². The number of likely N-dealkylation sites (N-methyl/N-ethyl adjacent to an activating group) is 1. The average molecular weight is 344 g/mol. The molecule has 1 amide bonds. The smallest absolute Gasteiger partial charge is 0.244 e. The van der Waals surface area contributed by atoms with Crippen molar-refractivity contribution < 1.29 is 18.7 Å². The Labute approximate surface area is 148 Å². The molecule has 0 aliphatic rings. The number of rotatable bonds is 8. The van der Waals surface area contributed by atoms with Gasteiger partial charge in [-0.25, -0.2) is 0 Å². The molecule has 0 radical (unpaired) electrons. The fraction of sp³-hybridized carbons (Fsp3) is 0.316. The van der Waals surface area contributed by atoms with Crippen LogP contribution in [0, 0.1) is 0 Å². The minimum atomic E-state index is -0.173. The van der Waals surface area contributed by atoms with Crippen molar-refractivity contribution in [2.75, 3.05) is 34.9 Å². The number of nitrogens with zero attached hydrogens (tertiary/aromatic N) is 1. The van der Waals surface area contributed by atoms with Gasteiger partial charge in [-0.15, -0.1) is 0 Å². The Bertz CT molecular complexity index is 708. The van der Waals surface area contributed by atoms with Crippen LogP contribution in [0.2, 0.25) is 0 Å². The molecule has 0 aliphatic heterocycles. The molecule has 0 bridgehead atoms. The summed E-state index contributed by atoms with van der Waals surface area (Å²) in [7, 11) is 7.05. The largest absolute Gasteiger partial charge is 0.493 e. The third kappa shape index (κ3) is 5.12. The quantitative estimate of drug-likeness (QED) is 0.746. The number of hydrogen-bond donors (Lipinski definition) is 1. The lowest BCUT2D eigenvalue weighted by molar-refractivity contribution is -0.116. The molecule has 0 fully saturated rings. The molecule has 0 spiro atoms. The molecule has 1 heterocycles. The summed E-state index contributed by atoms with van der Waals surface area (Å²) in [5, 5.41) is 2.89. The zero-order chi connectivity index (χ0) is 18.2. The lowest BCUT2D eigenvalue weighted by atomic mass is 10.2. The standard InChI is InChI=1S/C19H24N2O4/c1-21(2)15(16-6-5-11-25-16)13-20-19(22)10-8-14-7-9-17(23-3)18(12-14)24-4/h5-12,15H,13H2,1-4H3,(H,20,22)/b10-8+. The van der Waals surface area contributed by atoms with Gasteiger partial charge >= 0.3 is 0 Å². The van der Waals surface area contributed by atoms with E-state index in [9.17, 15) is 4.79 Å². The first-order chi connectivity index (χ1) is 12.0. The van der Waals surface area contributed by atoms with Crippen LogP contribution in [0.3, 0.4) is 0 Å². The van der Waals surface area contributed by atoms with E-state index >= 15 is 0 Å². The highest BCUT2D eigenvalue weighted by atomic mass is 16.5. The number of ether oxygens (including phenoxy) is 2.